The van der Waals surface area contributed by atoms with E-state index >= 15 is 0 Å². The summed E-state index contributed by atoms with van der Waals surface area (Å²) in [4.78, 5) is 24.7. The summed E-state index contributed by atoms with van der Waals surface area (Å²) < 4.78 is 5.84. The Kier molecular flexibility index (Phi) is 4.63. The maximum absolute atomic E-state index is 12.2. The highest BCUT2D eigenvalue weighted by Crippen LogP contribution is 2.24. The number of hydrogen-bond acceptors (Lipinski definition) is 3. The molecule has 2 heterocycles. The quantitative estimate of drug-likeness (QED) is 0.925. The number of furan rings is 1. The van der Waals surface area contributed by atoms with Crippen LogP contribution >= 0.6 is 15.9 Å². The Balaban J connectivity index is 1.97. The van der Waals surface area contributed by atoms with E-state index in [1.54, 1.807) is 11.0 Å². The SMILES string of the molecule is O=C(O)CC1CCCN(C(=O)c2occc2Br)CC1. The maximum Gasteiger partial charge on any atom is 0.303 e. The Labute approximate surface area is 119 Å². The van der Waals surface area contributed by atoms with Crippen LogP contribution in [0.2, 0.25) is 0 Å². The highest BCUT2D eigenvalue weighted by Gasteiger charge is 2.25. The molecule has 0 aromatic carbocycles. The molecule has 0 radical (unpaired) electrons. The lowest BCUT2D eigenvalue weighted by atomic mass is 9.97. The second kappa shape index (κ2) is 6.23. The molecular weight excluding hydrogens is 314 g/mol. The molecule has 0 saturated carbocycles. The fraction of sp³-hybridized carbons (Fsp3) is 0.538. The monoisotopic (exact) mass is 329 g/mol. The van der Waals surface area contributed by atoms with Gasteiger partial charge in [-0.1, -0.05) is 0 Å². The number of hydrogen-bond donors (Lipinski definition) is 1. The first-order valence-electron chi connectivity index (χ1n) is 6.32. The van der Waals surface area contributed by atoms with Gasteiger partial charge in [-0.25, -0.2) is 0 Å². The molecule has 6 heteroatoms. The van der Waals surface area contributed by atoms with E-state index in [1.165, 1.54) is 6.26 Å². The summed E-state index contributed by atoms with van der Waals surface area (Å²) in [6.45, 7) is 1.24. The van der Waals surface area contributed by atoms with Crippen LogP contribution in [0, 0.1) is 5.92 Å². The van der Waals surface area contributed by atoms with Gasteiger partial charge in [0.2, 0.25) is 5.76 Å². The van der Waals surface area contributed by atoms with Crippen LogP contribution in [0.15, 0.2) is 21.2 Å². The Morgan fingerprint density at radius 1 is 1.42 bits per heavy atom. The molecule has 1 fully saturated rings. The number of nitrogens with zero attached hydrogens (tertiary/aromatic N) is 1. The van der Waals surface area contributed by atoms with Crippen LogP contribution < -0.4 is 0 Å². The third-order valence-electron chi connectivity index (χ3n) is 3.41. The van der Waals surface area contributed by atoms with E-state index in [0.29, 0.717) is 23.3 Å². The van der Waals surface area contributed by atoms with Crippen molar-refractivity contribution in [1.82, 2.24) is 4.90 Å². The number of carbonyl (C=O) groups excluding carboxylic acids is 1. The van der Waals surface area contributed by atoms with Crippen molar-refractivity contribution in [2.45, 2.75) is 25.7 Å². The van der Waals surface area contributed by atoms with Gasteiger partial charge in [0.25, 0.3) is 5.91 Å². The molecule has 1 saturated heterocycles. The zero-order valence-electron chi connectivity index (χ0n) is 10.5. The van der Waals surface area contributed by atoms with Gasteiger partial charge in [-0.15, -0.1) is 0 Å². The van der Waals surface area contributed by atoms with Gasteiger partial charge in [0.15, 0.2) is 0 Å². The third-order valence-corrected chi connectivity index (χ3v) is 4.03. The predicted octanol–water partition coefficient (Wildman–Crippen LogP) is 2.76. The first kappa shape index (κ1) is 14.1. The molecule has 104 valence electrons. The Hall–Kier alpha value is -1.30. The van der Waals surface area contributed by atoms with Gasteiger partial charge in [0.05, 0.1) is 10.7 Å². The minimum atomic E-state index is -0.765. The van der Waals surface area contributed by atoms with Crippen LogP contribution in [0.4, 0.5) is 0 Å². The van der Waals surface area contributed by atoms with E-state index in [4.69, 9.17) is 9.52 Å². The number of carbonyl (C=O) groups is 2. The Bertz CT molecular complexity index is 471. The normalized spacial score (nSPS) is 20.1. The zero-order valence-corrected chi connectivity index (χ0v) is 12.1. The smallest absolute Gasteiger partial charge is 0.303 e. The number of carboxylic acid groups (broad SMARTS) is 1. The number of likely N-dealkylation sites (tertiary alicyclic amines) is 1. The average molecular weight is 330 g/mol. The zero-order chi connectivity index (χ0) is 13.8. The second-order valence-electron chi connectivity index (χ2n) is 4.78. The van der Waals surface area contributed by atoms with E-state index in [9.17, 15) is 9.59 Å². The molecule has 1 aromatic heterocycles. The average Bonchev–Trinajstić information content (AvgIpc) is 2.64. The molecule has 1 aromatic rings. The minimum absolute atomic E-state index is 0.132. The summed E-state index contributed by atoms with van der Waals surface area (Å²) in [7, 11) is 0. The topological polar surface area (TPSA) is 70.8 Å². The van der Waals surface area contributed by atoms with E-state index in [1.807, 2.05) is 0 Å². The first-order chi connectivity index (χ1) is 9.08. The molecule has 1 unspecified atom stereocenters. The largest absolute Gasteiger partial charge is 0.481 e. The molecule has 1 amide bonds. The van der Waals surface area contributed by atoms with E-state index in [-0.39, 0.29) is 18.2 Å². The predicted molar refractivity (Wildman–Crippen MR) is 71.9 cm³/mol. The van der Waals surface area contributed by atoms with Crippen molar-refractivity contribution in [3.05, 3.63) is 22.6 Å². The number of halogens is 1. The summed E-state index contributed by atoms with van der Waals surface area (Å²) >= 11 is 3.28. The van der Waals surface area contributed by atoms with Gasteiger partial charge in [-0.3, -0.25) is 9.59 Å². The molecule has 1 aliphatic heterocycles. The van der Waals surface area contributed by atoms with Crippen molar-refractivity contribution in [1.29, 1.82) is 0 Å². The fourth-order valence-corrected chi connectivity index (χ4v) is 2.78. The number of amides is 1. The summed E-state index contributed by atoms with van der Waals surface area (Å²) in [6, 6.07) is 1.69. The minimum Gasteiger partial charge on any atom is -0.481 e. The van der Waals surface area contributed by atoms with Crippen LogP contribution in [0.1, 0.15) is 36.2 Å². The molecule has 0 aliphatic carbocycles. The molecule has 2 rings (SSSR count). The van der Waals surface area contributed by atoms with Crippen LogP contribution in [0.5, 0.6) is 0 Å². The Morgan fingerprint density at radius 2 is 2.21 bits per heavy atom. The molecule has 19 heavy (non-hydrogen) atoms. The molecule has 5 nitrogen and oxygen atoms in total. The standard InChI is InChI=1S/C13H16BrNO4/c14-10-4-7-19-12(10)13(18)15-5-1-2-9(3-6-15)8-11(16)17/h4,7,9H,1-3,5-6,8H2,(H,16,17). The summed E-state index contributed by atoms with van der Waals surface area (Å²) in [6.07, 6.45) is 4.09. The van der Waals surface area contributed by atoms with Crippen LogP contribution in [-0.4, -0.2) is 35.0 Å². The Morgan fingerprint density at radius 3 is 2.84 bits per heavy atom. The van der Waals surface area contributed by atoms with Crippen molar-refractivity contribution in [3.63, 3.8) is 0 Å². The van der Waals surface area contributed by atoms with Gasteiger partial charge in [-0.05, 0) is 47.2 Å². The van der Waals surface area contributed by atoms with Gasteiger partial charge in [0, 0.05) is 19.5 Å². The van der Waals surface area contributed by atoms with E-state index < -0.39 is 5.97 Å². The molecule has 0 bridgehead atoms. The van der Waals surface area contributed by atoms with Crippen molar-refractivity contribution >= 4 is 27.8 Å². The lowest BCUT2D eigenvalue weighted by Crippen LogP contribution is -2.32. The van der Waals surface area contributed by atoms with Crippen molar-refractivity contribution in [3.8, 4) is 0 Å². The van der Waals surface area contributed by atoms with Crippen LogP contribution in [-0.2, 0) is 4.79 Å². The summed E-state index contributed by atoms with van der Waals surface area (Å²) in [5, 5.41) is 8.82. The summed E-state index contributed by atoms with van der Waals surface area (Å²) in [5.41, 5.74) is 0. The van der Waals surface area contributed by atoms with Gasteiger partial charge in [-0.2, -0.15) is 0 Å². The van der Waals surface area contributed by atoms with Crippen molar-refractivity contribution in [2.75, 3.05) is 13.1 Å². The van der Waals surface area contributed by atoms with Gasteiger partial charge >= 0.3 is 5.97 Å². The molecule has 0 spiro atoms. The fourth-order valence-electron chi connectivity index (χ4n) is 2.41. The number of carboxylic acids is 1. The maximum atomic E-state index is 12.2. The third kappa shape index (κ3) is 3.59. The van der Waals surface area contributed by atoms with Crippen LogP contribution in [0.25, 0.3) is 0 Å². The second-order valence-corrected chi connectivity index (χ2v) is 5.64. The highest BCUT2D eigenvalue weighted by molar-refractivity contribution is 9.10. The molecule has 1 N–H and O–H groups in total. The highest BCUT2D eigenvalue weighted by atomic mass is 79.9. The number of rotatable bonds is 3. The van der Waals surface area contributed by atoms with Gasteiger partial charge in [0.1, 0.15) is 0 Å². The van der Waals surface area contributed by atoms with Gasteiger partial charge < -0.3 is 14.4 Å². The van der Waals surface area contributed by atoms with Crippen molar-refractivity contribution < 1.29 is 19.1 Å². The number of aliphatic carboxylic acids is 1. The van der Waals surface area contributed by atoms with E-state index in [0.717, 1.165) is 19.3 Å². The van der Waals surface area contributed by atoms with E-state index in [2.05, 4.69) is 15.9 Å². The van der Waals surface area contributed by atoms with Crippen molar-refractivity contribution in [2.24, 2.45) is 5.92 Å². The van der Waals surface area contributed by atoms with Crippen LogP contribution in [0.3, 0.4) is 0 Å². The molecule has 1 atom stereocenters. The lowest BCUT2D eigenvalue weighted by Gasteiger charge is -2.19. The lowest BCUT2D eigenvalue weighted by molar-refractivity contribution is -0.138. The summed E-state index contributed by atoms with van der Waals surface area (Å²) in [5.74, 6) is -0.418. The first-order valence-corrected chi connectivity index (χ1v) is 7.11. The molecular formula is C13H16BrNO4. The molecule has 1 aliphatic rings.